The Labute approximate surface area is 385 Å². The molecule has 0 unspecified atom stereocenters. The Kier molecular flexibility index (Phi) is 15.7. The van der Waals surface area contributed by atoms with Crippen LogP contribution < -0.4 is 102 Å². The van der Waals surface area contributed by atoms with E-state index in [9.17, 15) is 36.6 Å². The van der Waals surface area contributed by atoms with Crippen LogP contribution >= 0.6 is 0 Å². The van der Waals surface area contributed by atoms with Crippen LogP contribution in [0.2, 0.25) is 0 Å². The third-order valence-corrected chi connectivity index (χ3v) is 10.1. The molecule has 4 N–H and O–H groups in total. The number of benzene rings is 6. The Hall–Kier alpha value is -5.26. The zero-order chi connectivity index (χ0) is 41.8. The van der Waals surface area contributed by atoms with Crippen LogP contribution in [0.3, 0.4) is 0 Å². The predicted molar refractivity (Wildman–Crippen MR) is 207 cm³/mol. The van der Waals surface area contributed by atoms with E-state index in [0.717, 1.165) is 53.1 Å². The van der Waals surface area contributed by atoms with Crippen LogP contribution in [0, 0.1) is 13.8 Å². The number of nitrogens with zero attached hydrogens (tertiary/aromatic N) is 6. The van der Waals surface area contributed by atoms with Gasteiger partial charge in [0.15, 0.2) is 5.36 Å². The number of azo groups is 2. The van der Waals surface area contributed by atoms with E-state index in [-0.39, 0.29) is 85.6 Å². The van der Waals surface area contributed by atoms with E-state index in [1.165, 1.54) is 36.4 Å². The van der Waals surface area contributed by atoms with E-state index in [2.05, 4.69) is 41.5 Å². The van der Waals surface area contributed by atoms with Gasteiger partial charge >= 0.3 is 59.1 Å². The number of anilines is 2. The van der Waals surface area contributed by atoms with Crippen molar-refractivity contribution in [2.24, 2.45) is 30.7 Å². The fourth-order valence-corrected chi connectivity index (χ4v) is 6.17. The zero-order valence-corrected chi connectivity index (χ0v) is 37.7. The smallest absolute Gasteiger partial charge is 0.871 e. The fourth-order valence-electron chi connectivity index (χ4n) is 5.21. The summed E-state index contributed by atoms with van der Waals surface area (Å²) >= 11 is 0. The van der Waals surface area contributed by atoms with Crippen molar-refractivity contribution < 1.29 is 95.3 Å². The Morgan fingerprint density at radius 2 is 1.15 bits per heavy atom. The quantitative estimate of drug-likeness (QED) is 0.0523. The third-order valence-electron chi connectivity index (χ3n) is 8.32. The molecule has 18 nitrogen and oxygen atoms in total. The van der Waals surface area contributed by atoms with Gasteiger partial charge in [-0.2, -0.15) is 47.5 Å². The van der Waals surface area contributed by atoms with Crippen LogP contribution in [0.1, 0.15) is 11.1 Å². The van der Waals surface area contributed by atoms with E-state index >= 15 is 0 Å². The molecule has 0 saturated heterocycles. The molecule has 0 bridgehead atoms. The largest absolute Gasteiger partial charge is 1.00 e. The van der Waals surface area contributed by atoms with Gasteiger partial charge in [-0.1, -0.05) is 29.7 Å². The normalized spacial score (nSPS) is 12.3. The monoisotopic (exact) mass is 866 g/mol. The Balaban J connectivity index is 0.00000397. The van der Waals surface area contributed by atoms with E-state index in [0.29, 0.717) is 22.6 Å². The Morgan fingerprint density at radius 3 is 1.75 bits per heavy atom. The molecule has 0 spiro atoms. The molecule has 0 atom stereocenters. The molecule has 60 heavy (non-hydrogen) atoms. The molecule has 0 aliphatic rings. The van der Waals surface area contributed by atoms with Crippen LogP contribution in [0.5, 0.6) is 11.5 Å². The number of aryl methyl sites for hydroxylation is 2. The second kappa shape index (κ2) is 19.9. The van der Waals surface area contributed by atoms with Gasteiger partial charge in [-0.25, -0.2) is 0 Å². The van der Waals surface area contributed by atoms with Gasteiger partial charge in [0.2, 0.25) is 10.9 Å². The molecule has 0 heterocycles. The van der Waals surface area contributed by atoms with Crippen LogP contribution in [0.25, 0.3) is 11.1 Å². The minimum atomic E-state index is -4.40. The van der Waals surface area contributed by atoms with Crippen LogP contribution in [-0.4, -0.2) is 25.9 Å². The standard InChI is InChI=1S/C38H30N8O10S2.2Na/c1-21-19-23(3-13-29(21)41-45-35-33(47)17-15-31(37(35)49)43-39-25-5-9-27(10-6-25)57(51,52)53)24-4-14-30(22(2)20-24)42-46-36-34(48)18-16-32(38(36)50)44-40-26-7-11-28(12-8-26)58(54,55)56;;/h3-20,39,41,48,50H,1-2H3,(H,51,52,53)(H,54,55,56);;/q;2*+1/p-2. The summed E-state index contributed by atoms with van der Waals surface area (Å²) in [6, 6.07) is 25.0. The molecule has 6 rings (SSSR count). The van der Waals surface area contributed by atoms with Gasteiger partial charge in [-0.3, -0.25) is 29.5 Å². The zero-order valence-electron chi connectivity index (χ0n) is 32.1. The minimum Gasteiger partial charge on any atom is -0.871 e. The van der Waals surface area contributed by atoms with E-state index < -0.39 is 53.6 Å². The molecule has 0 radical (unpaired) electrons. The number of rotatable bonds is 11. The third kappa shape index (κ3) is 11.5. The Bertz CT molecular complexity index is 3110. The first-order valence-corrected chi connectivity index (χ1v) is 19.5. The molecule has 22 heteroatoms. The SMILES string of the molecule is Cc1cc(-c2ccc(NN=c3c(=O)ccc(=NNc4ccc(S(=O)(=O)O)cc4)c3=O)c(C)c2)ccc1N=Nc1c([O-])ccc(N=Nc2ccc(S(=O)(=O)O)cc2)c1[O-].[Na+].[Na+]. The predicted octanol–water partition coefficient (Wildman–Crippen LogP) is -1.10. The van der Waals surface area contributed by atoms with Gasteiger partial charge in [0.25, 0.3) is 20.2 Å². The van der Waals surface area contributed by atoms with Gasteiger partial charge in [0, 0.05) is 0 Å². The van der Waals surface area contributed by atoms with Gasteiger partial charge in [-0.05, 0) is 127 Å². The molecular weight excluding hydrogens is 839 g/mol. The van der Waals surface area contributed by atoms with E-state index in [4.69, 9.17) is 9.11 Å². The maximum atomic E-state index is 13.0. The number of hydrogen-bond donors (Lipinski definition) is 4. The van der Waals surface area contributed by atoms with Crippen LogP contribution in [0.4, 0.5) is 34.1 Å². The van der Waals surface area contributed by atoms with Crippen molar-refractivity contribution >= 4 is 54.4 Å². The van der Waals surface area contributed by atoms with Gasteiger partial charge in [0.1, 0.15) is 5.36 Å². The summed E-state index contributed by atoms with van der Waals surface area (Å²) in [5.41, 5.74) is 7.63. The molecule has 0 aliphatic carbocycles. The summed E-state index contributed by atoms with van der Waals surface area (Å²) in [7, 11) is -8.78. The molecule has 0 aliphatic heterocycles. The number of hydrogen-bond acceptors (Lipinski definition) is 16. The van der Waals surface area contributed by atoms with Crippen molar-refractivity contribution in [2.45, 2.75) is 23.6 Å². The second-order valence-corrected chi connectivity index (χ2v) is 15.2. The summed E-state index contributed by atoms with van der Waals surface area (Å²) < 4.78 is 63.3. The summed E-state index contributed by atoms with van der Waals surface area (Å²) in [6.07, 6.45) is 0. The molecule has 294 valence electrons. The minimum absolute atomic E-state index is 0. The summed E-state index contributed by atoms with van der Waals surface area (Å²) in [5.74, 6) is -1.50. The molecule has 0 aromatic heterocycles. The molecular formula is C38H28N8Na2O10S2. The van der Waals surface area contributed by atoms with Crippen molar-refractivity contribution in [2.75, 3.05) is 10.9 Å². The van der Waals surface area contributed by atoms with Crippen molar-refractivity contribution in [1.29, 1.82) is 0 Å². The first-order valence-electron chi connectivity index (χ1n) is 16.6. The maximum Gasteiger partial charge on any atom is 1.00 e. The van der Waals surface area contributed by atoms with E-state index in [1.807, 2.05) is 12.1 Å². The first-order chi connectivity index (χ1) is 27.5. The van der Waals surface area contributed by atoms with Crippen LogP contribution in [0.15, 0.2) is 159 Å². The summed E-state index contributed by atoms with van der Waals surface area (Å²) in [5, 5.41) is 48.8. The Morgan fingerprint density at radius 1 is 0.583 bits per heavy atom. The maximum absolute atomic E-state index is 13.0. The molecule has 6 aromatic carbocycles. The average Bonchev–Trinajstić information content (AvgIpc) is 3.17. The van der Waals surface area contributed by atoms with Crippen LogP contribution in [-0.2, 0) is 20.2 Å². The van der Waals surface area contributed by atoms with Gasteiger partial charge in [-0.15, -0.1) is 0 Å². The molecule has 6 aromatic rings. The van der Waals surface area contributed by atoms with Gasteiger partial charge in [0.05, 0.1) is 43.9 Å². The molecule has 0 saturated carbocycles. The summed E-state index contributed by atoms with van der Waals surface area (Å²) in [4.78, 5) is 24.9. The number of nitrogens with one attached hydrogen (secondary N) is 2. The van der Waals surface area contributed by atoms with Crippen molar-refractivity contribution in [3.8, 4) is 22.6 Å². The van der Waals surface area contributed by atoms with E-state index in [1.54, 1.807) is 38.1 Å². The first kappa shape index (κ1) is 47.4. The van der Waals surface area contributed by atoms with Crippen molar-refractivity contribution in [3.05, 3.63) is 151 Å². The molecule has 0 amide bonds. The average molecular weight is 867 g/mol. The second-order valence-electron chi connectivity index (χ2n) is 12.4. The fraction of sp³-hybridized carbons (Fsp3) is 0.0526. The summed E-state index contributed by atoms with van der Waals surface area (Å²) in [6.45, 7) is 3.56. The molecule has 0 fully saturated rings. The topological polar surface area (TPSA) is 287 Å². The van der Waals surface area contributed by atoms with Crippen molar-refractivity contribution in [1.82, 2.24) is 0 Å². The van der Waals surface area contributed by atoms with Crippen molar-refractivity contribution in [3.63, 3.8) is 0 Å². The van der Waals surface area contributed by atoms with Gasteiger partial charge < -0.3 is 10.2 Å².